The highest BCUT2D eigenvalue weighted by molar-refractivity contribution is 6.16. The Bertz CT molecular complexity index is 3070. The van der Waals surface area contributed by atoms with E-state index in [-0.39, 0.29) is 28.4 Å². The number of benzene rings is 6. The van der Waals surface area contributed by atoms with E-state index in [1.165, 1.54) is 22.3 Å². The molecule has 0 fully saturated rings. The highest BCUT2D eigenvalue weighted by Crippen LogP contribution is 2.48. The van der Waals surface area contributed by atoms with Gasteiger partial charge < -0.3 is 9.52 Å². The molecule has 3 heterocycles. The molecule has 5 nitrogen and oxygen atoms in total. The van der Waals surface area contributed by atoms with Crippen LogP contribution >= 0.6 is 0 Å². The SMILES string of the molecule is CC(C)c1cc(-c2ccccc2)cc(C(C)C)c1-n1c(-c2cc(C(C)(C)C)cc(C(C)(C)C)c2O)nc2c(-c3cc(-c4ccccn4)cc4oc5ccccc5c34)cccc21. The summed E-state index contributed by atoms with van der Waals surface area (Å²) in [6.45, 7) is 22.3. The molecular weight excluding hydrogens is 747 g/mol. The van der Waals surface area contributed by atoms with Gasteiger partial charge in [-0.25, -0.2) is 4.98 Å². The van der Waals surface area contributed by atoms with Crippen molar-refractivity contribution in [2.75, 3.05) is 0 Å². The van der Waals surface area contributed by atoms with Crippen molar-refractivity contribution in [3.05, 3.63) is 156 Å². The third-order valence-corrected chi connectivity index (χ3v) is 12.2. The number of phenols is 1. The summed E-state index contributed by atoms with van der Waals surface area (Å²) in [5.41, 5.74) is 15.4. The van der Waals surface area contributed by atoms with Gasteiger partial charge in [-0.05, 0) is 111 Å². The third kappa shape index (κ3) is 7.00. The fourth-order valence-electron chi connectivity index (χ4n) is 8.90. The van der Waals surface area contributed by atoms with Crippen LogP contribution in [0.25, 0.3) is 83.6 Å². The van der Waals surface area contributed by atoms with Crippen LogP contribution < -0.4 is 0 Å². The minimum Gasteiger partial charge on any atom is -0.507 e. The zero-order valence-corrected chi connectivity index (χ0v) is 37.1. The lowest BCUT2D eigenvalue weighted by Crippen LogP contribution is -2.17. The number of fused-ring (bicyclic) bond motifs is 4. The molecule has 0 bridgehead atoms. The first-order valence-corrected chi connectivity index (χ1v) is 21.6. The maximum Gasteiger partial charge on any atom is 0.149 e. The van der Waals surface area contributed by atoms with Crippen LogP contribution in [0.2, 0.25) is 0 Å². The Kier molecular flexibility index (Phi) is 9.77. The van der Waals surface area contributed by atoms with Crippen molar-refractivity contribution in [3.63, 3.8) is 0 Å². The third-order valence-electron chi connectivity index (χ3n) is 12.2. The summed E-state index contributed by atoms with van der Waals surface area (Å²) >= 11 is 0. The van der Waals surface area contributed by atoms with Crippen LogP contribution in [-0.2, 0) is 10.8 Å². The summed E-state index contributed by atoms with van der Waals surface area (Å²) in [7, 11) is 0. The highest BCUT2D eigenvalue weighted by Gasteiger charge is 2.31. The number of furan rings is 1. The van der Waals surface area contributed by atoms with Gasteiger partial charge in [-0.2, -0.15) is 0 Å². The predicted molar refractivity (Wildman–Crippen MR) is 255 cm³/mol. The molecule has 5 heteroatoms. The zero-order chi connectivity index (χ0) is 43.0. The molecule has 0 saturated carbocycles. The molecule has 0 radical (unpaired) electrons. The smallest absolute Gasteiger partial charge is 0.149 e. The highest BCUT2D eigenvalue weighted by atomic mass is 16.3. The number of nitrogens with zero attached hydrogens (tertiary/aromatic N) is 3. The van der Waals surface area contributed by atoms with Crippen LogP contribution in [0.15, 0.2) is 138 Å². The molecule has 0 spiro atoms. The van der Waals surface area contributed by atoms with E-state index in [4.69, 9.17) is 14.4 Å². The van der Waals surface area contributed by atoms with E-state index in [1.54, 1.807) is 0 Å². The second kappa shape index (κ2) is 14.9. The molecule has 0 aliphatic carbocycles. The number of para-hydroxylation sites is 2. The molecule has 6 aromatic carbocycles. The van der Waals surface area contributed by atoms with Crippen molar-refractivity contribution in [1.29, 1.82) is 0 Å². The Morgan fingerprint density at radius 1 is 0.590 bits per heavy atom. The van der Waals surface area contributed by atoms with Crippen LogP contribution in [0, 0.1) is 0 Å². The summed E-state index contributed by atoms with van der Waals surface area (Å²) in [5, 5.41) is 14.7. The van der Waals surface area contributed by atoms with E-state index in [2.05, 4.69) is 171 Å². The van der Waals surface area contributed by atoms with Crippen LogP contribution in [0.3, 0.4) is 0 Å². The average Bonchev–Trinajstić information content (AvgIpc) is 3.81. The topological polar surface area (TPSA) is 64.1 Å². The molecule has 0 aliphatic heterocycles. The summed E-state index contributed by atoms with van der Waals surface area (Å²) in [6.07, 6.45) is 1.83. The number of aromatic nitrogens is 3. The molecule has 0 unspecified atom stereocenters. The Hall–Kier alpha value is -6.46. The predicted octanol–water partition coefficient (Wildman–Crippen LogP) is 15.5. The monoisotopic (exact) mass is 801 g/mol. The van der Waals surface area contributed by atoms with E-state index < -0.39 is 0 Å². The van der Waals surface area contributed by atoms with Crippen LogP contribution in [0.1, 0.15) is 103 Å². The first-order chi connectivity index (χ1) is 29.1. The number of rotatable bonds is 7. The van der Waals surface area contributed by atoms with E-state index in [9.17, 15) is 5.11 Å². The Balaban J connectivity index is 1.46. The van der Waals surface area contributed by atoms with Crippen molar-refractivity contribution in [1.82, 2.24) is 14.5 Å². The van der Waals surface area contributed by atoms with Crippen LogP contribution in [0.5, 0.6) is 5.75 Å². The van der Waals surface area contributed by atoms with E-state index in [0.29, 0.717) is 5.82 Å². The summed E-state index contributed by atoms with van der Waals surface area (Å²) in [6, 6.07) is 44.9. The lowest BCUT2D eigenvalue weighted by atomic mass is 9.78. The number of phenolic OH excluding ortho intramolecular Hbond substituents is 1. The molecule has 0 saturated heterocycles. The number of aromatic hydroxyl groups is 1. The number of imidazole rings is 1. The normalized spacial score (nSPS) is 12.5. The van der Waals surface area contributed by atoms with Gasteiger partial charge in [-0.1, -0.05) is 142 Å². The Morgan fingerprint density at radius 2 is 1.28 bits per heavy atom. The molecule has 1 N–H and O–H groups in total. The van der Waals surface area contributed by atoms with Crippen molar-refractivity contribution >= 4 is 33.0 Å². The number of hydrogen-bond acceptors (Lipinski definition) is 4. The van der Waals surface area contributed by atoms with Gasteiger partial charge in [-0.3, -0.25) is 9.55 Å². The fraction of sp³-hybridized carbons (Fsp3) is 0.250. The average molecular weight is 802 g/mol. The quantitative estimate of drug-likeness (QED) is 0.174. The van der Waals surface area contributed by atoms with Gasteiger partial charge in [0.2, 0.25) is 0 Å². The van der Waals surface area contributed by atoms with Crippen molar-refractivity contribution < 1.29 is 9.52 Å². The standard InChI is InChI=1S/C56H55N3O2/c1-33(2)41-27-36(35-19-12-11-13-20-35)28-42(34(3)4)52(41)59-47-24-18-22-39(51(47)58-54(59)44-31-38(55(5,6)7)32-45(53(44)60)56(8,9)10)43-29-37(46-23-16-17-26-57-46)30-49-50(43)40-21-14-15-25-48(40)61-49/h11-34,60H,1-10H3. The first kappa shape index (κ1) is 40.0. The lowest BCUT2D eigenvalue weighted by Gasteiger charge is -2.28. The second-order valence-electron chi connectivity index (χ2n) is 19.3. The summed E-state index contributed by atoms with van der Waals surface area (Å²) < 4.78 is 8.97. The first-order valence-electron chi connectivity index (χ1n) is 21.6. The Morgan fingerprint density at radius 3 is 1.93 bits per heavy atom. The molecular formula is C56H55N3O2. The fourth-order valence-corrected chi connectivity index (χ4v) is 8.90. The molecule has 0 amide bonds. The number of hydrogen-bond donors (Lipinski definition) is 1. The van der Waals surface area contributed by atoms with E-state index >= 15 is 0 Å². The molecule has 61 heavy (non-hydrogen) atoms. The van der Waals surface area contributed by atoms with Gasteiger partial charge in [0.25, 0.3) is 0 Å². The van der Waals surface area contributed by atoms with Crippen molar-refractivity contribution in [2.45, 2.75) is 91.9 Å². The van der Waals surface area contributed by atoms with Crippen LogP contribution in [-0.4, -0.2) is 19.6 Å². The summed E-state index contributed by atoms with van der Waals surface area (Å²) in [4.78, 5) is 10.5. The molecule has 9 aromatic rings. The van der Waals surface area contributed by atoms with E-state index in [1.807, 2.05) is 36.5 Å². The van der Waals surface area contributed by atoms with Gasteiger partial charge in [0, 0.05) is 33.7 Å². The molecule has 306 valence electrons. The van der Waals surface area contributed by atoms with Crippen LogP contribution in [0.4, 0.5) is 0 Å². The van der Waals surface area contributed by atoms with Gasteiger partial charge in [-0.15, -0.1) is 0 Å². The Labute approximate surface area is 359 Å². The van der Waals surface area contributed by atoms with Crippen molar-refractivity contribution in [3.8, 4) is 56.3 Å². The van der Waals surface area contributed by atoms with E-state index in [0.717, 1.165) is 77.7 Å². The minimum atomic E-state index is -0.328. The van der Waals surface area contributed by atoms with Gasteiger partial charge in [0.1, 0.15) is 22.7 Å². The van der Waals surface area contributed by atoms with Gasteiger partial charge >= 0.3 is 0 Å². The van der Waals surface area contributed by atoms with Crippen molar-refractivity contribution in [2.24, 2.45) is 0 Å². The van der Waals surface area contributed by atoms with Gasteiger partial charge in [0.05, 0.1) is 28.0 Å². The minimum absolute atomic E-state index is 0.177. The maximum absolute atomic E-state index is 12.6. The molecule has 3 aromatic heterocycles. The lowest BCUT2D eigenvalue weighted by molar-refractivity contribution is 0.446. The maximum atomic E-state index is 12.6. The zero-order valence-electron chi connectivity index (χ0n) is 37.1. The molecule has 0 atom stereocenters. The second-order valence-corrected chi connectivity index (χ2v) is 19.3. The molecule has 9 rings (SSSR count). The number of pyridine rings is 1. The van der Waals surface area contributed by atoms with Gasteiger partial charge in [0.15, 0.2) is 0 Å². The summed E-state index contributed by atoms with van der Waals surface area (Å²) in [5.74, 6) is 1.33. The largest absolute Gasteiger partial charge is 0.507 e. The molecule has 0 aliphatic rings.